The minimum Gasteiger partial charge on any atom is -0.478 e. The van der Waals surface area contributed by atoms with Crippen molar-refractivity contribution >= 4 is 29.3 Å². The summed E-state index contributed by atoms with van der Waals surface area (Å²) in [5.41, 5.74) is 0.436. The third-order valence-electron chi connectivity index (χ3n) is 2.20. The minimum atomic E-state index is -0.969. The standard InChI is InChI=1S/C13H17NO3S/c1-13(2,3)12(17)14-7-10-6-9(8-18-10)4-5-11(15)16/h4-6,8H,7H2,1-3H3,(H,14,17)(H,15,16). The highest BCUT2D eigenvalue weighted by atomic mass is 32.1. The van der Waals surface area contributed by atoms with Gasteiger partial charge in [0.15, 0.2) is 0 Å². The molecule has 1 heterocycles. The van der Waals surface area contributed by atoms with E-state index in [0.29, 0.717) is 6.54 Å². The molecule has 0 aromatic carbocycles. The van der Waals surface area contributed by atoms with Gasteiger partial charge in [0.2, 0.25) is 5.91 Å². The first-order chi connectivity index (χ1) is 8.29. The zero-order valence-corrected chi connectivity index (χ0v) is 11.5. The molecule has 0 bridgehead atoms. The highest BCUT2D eigenvalue weighted by Gasteiger charge is 2.20. The molecule has 1 rings (SSSR count). The lowest BCUT2D eigenvalue weighted by atomic mass is 9.96. The van der Waals surface area contributed by atoms with Crippen LogP contribution in [0.4, 0.5) is 0 Å². The summed E-state index contributed by atoms with van der Waals surface area (Å²) in [5, 5.41) is 13.2. The van der Waals surface area contributed by atoms with Gasteiger partial charge in [0.05, 0.1) is 6.54 Å². The second-order valence-corrected chi connectivity index (χ2v) is 5.95. The van der Waals surface area contributed by atoms with Gasteiger partial charge in [-0.15, -0.1) is 11.3 Å². The van der Waals surface area contributed by atoms with Crippen molar-refractivity contribution in [1.29, 1.82) is 0 Å². The molecule has 98 valence electrons. The number of carboxylic acid groups (broad SMARTS) is 1. The molecule has 0 saturated heterocycles. The van der Waals surface area contributed by atoms with Crippen molar-refractivity contribution in [3.05, 3.63) is 28.0 Å². The normalized spacial score (nSPS) is 11.7. The third kappa shape index (κ3) is 4.71. The van der Waals surface area contributed by atoms with Crippen LogP contribution in [0, 0.1) is 5.41 Å². The SMILES string of the molecule is CC(C)(C)C(=O)NCc1cc(C=CC(=O)O)cs1. The highest BCUT2D eigenvalue weighted by molar-refractivity contribution is 7.10. The fourth-order valence-electron chi connectivity index (χ4n) is 1.18. The van der Waals surface area contributed by atoms with Gasteiger partial charge in [0.25, 0.3) is 0 Å². The number of hydrogen-bond donors (Lipinski definition) is 2. The van der Waals surface area contributed by atoms with Gasteiger partial charge in [-0.1, -0.05) is 20.8 Å². The maximum absolute atomic E-state index is 11.7. The molecule has 0 unspecified atom stereocenters. The average molecular weight is 267 g/mol. The van der Waals surface area contributed by atoms with E-state index in [1.165, 1.54) is 17.4 Å². The van der Waals surface area contributed by atoms with Crippen molar-refractivity contribution in [2.24, 2.45) is 5.41 Å². The topological polar surface area (TPSA) is 66.4 Å². The van der Waals surface area contributed by atoms with Crippen LogP contribution in [-0.4, -0.2) is 17.0 Å². The van der Waals surface area contributed by atoms with Gasteiger partial charge in [0.1, 0.15) is 0 Å². The zero-order valence-electron chi connectivity index (χ0n) is 10.7. The molecule has 2 N–H and O–H groups in total. The van der Waals surface area contributed by atoms with Crippen LogP contribution < -0.4 is 5.32 Å². The van der Waals surface area contributed by atoms with Crippen molar-refractivity contribution in [3.63, 3.8) is 0 Å². The first kappa shape index (κ1) is 14.4. The molecule has 0 fully saturated rings. The number of amides is 1. The van der Waals surface area contributed by atoms with Crippen LogP contribution in [0.5, 0.6) is 0 Å². The van der Waals surface area contributed by atoms with E-state index in [2.05, 4.69) is 5.32 Å². The second-order valence-electron chi connectivity index (χ2n) is 4.95. The smallest absolute Gasteiger partial charge is 0.328 e. The molecule has 1 amide bonds. The maximum atomic E-state index is 11.7. The summed E-state index contributed by atoms with van der Waals surface area (Å²) in [7, 11) is 0. The van der Waals surface area contributed by atoms with Gasteiger partial charge < -0.3 is 10.4 Å². The van der Waals surface area contributed by atoms with E-state index in [-0.39, 0.29) is 5.91 Å². The summed E-state index contributed by atoms with van der Waals surface area (Å²) < 4.78 is 0. The molecule has 5 heteroatoms. The lowest BCUT2D eigenvalue weighted by Crippen LogP contribution is -2.34. The highest BCUT2D eigenvalue weighted by Crippen LogP contribution is 2.17. The third-order valence-corrected chi connectivity index (χ3v) is 3.15. The molecule has 0 atom stereocenters. The first-order valence-corrected chi connectivity index (χ1v) is 6.44. The molecule has 0 aliphatic rings. The molecule has 0 saturated carbocycles. The number of carbonyl (C=O) groups is 2. The van der Waals surface area contributed by atoms with E-state index in [1.54, 1.807) is 0 Å². The van der Waals surface area contributed by atoms with Crippen molar-refractivity contribution in [2.75, 3.05) is 0 Å². The van der Waals surface area contributed by atoms with Gasteiger partial charge in [0, 0.05) is 16.4 Å². The van der Waals surface area contributed by atoms with Crippen molar-refractivity contribution in [3.8, 4) is 0 Å². The first-order valence-electron chi connectivity index (χ1n) is 5.56. The number of hydrogen-bond acceptors (Lipinski definition) is 3. The Balaban J connectivity index is 2.55. The summed E-state index contributed by atoms with van der Waals surface area (Å²) in [4.78, 5) is 23.0. The fraction of sp³-hybridized carbons (Fsp3) is 0.385. The van der Waals surface area contributed by atoms with Gasteiger partial charge in [-0.05, 0) is 23.1 Å². The van der Waals surface area contributed by atoms with E-state index in [0.717, 1.165) is 16.5 Å². The summed E-state index contributed by atoms with van der Waals surface area (Å²) in [6.07, 6.45) is 2.63. The average Bonchev–Trinajstić information content (AvgIpc) is 2.69. The van der Waals surface area contributed by atoms with Gasteiger partial charge >= 0.3 is 5.97 Å². The summed E-state index contributed by atoms with van der Waals surface area (Å²) in [5.74, 6) is -0.970. The Kier molecular flexibility index (Phi) is 4.67. The molecule has 18 heavy (non-hydrogen) atoms. The van der Waals surface area contributed by atoms with Crippen molar-refractivity contribution < 1.29 is 14.7 Å². The Labute approximate surface area is 110 Å². The quantitative estimate of drug-likeness (QED) is 0.824. The van der Waals surface area contributed by atoms with Gasteiger partial charge in [-0.3, -0.25) is 4.79 Å². The molecular weight excluding hydrogens is 250 g/mol. The lowest BCUT2D eigenvalue weighted by Gasteiger charge is -2.17. The number of aliphatic carboxylic acids is 1. The largest absolute Gasteiger partial charge is 0.478 e. The van der Waals surface area contributed by atoms with Crippen molar-refractivity contribution in [1.82, 2.24) is 5.32 Å². The summed E-state index contributed by atoms with van der Waals surface area (Å²) in [6, 6.07) is 1.87. The molecule has 4 nitrogen and oxygen atoms in total. The number of carbonyl (C=O) groups excluding carboxylic acids is 1. The Morgan fingerprint density at radius 3 is 2.67 bits per heavy atom. The Bertz CT molecular complexity index is 469. The number of carboxylic acids is 1. The molecule has 1 aromatic heterocycles. The van der Waals surface area contributed by atoms with Crippen LogP contribution in [0.2, 0.25) is 0 Å². The van der Waals surface area contributed by atoms with E-state index in [1.807, 2.05) is 32.2 Å². The van der Waals surface area contributed by atoms with Crippen LogP contribution in [0.15, 0.2) is 17.5 Å². The second kappa shape index (κ2) is 5.82. The van der Waals surface area contributed by atoms with E-state index < -0.39 is 11.4 Å². The summed E-state index contributed by atoms with van der Waals surface area (Å²) in [6.45, 7) is 6.05. The van der Waals surface area contributed by atoms with Crippen LogP contribution in [0.25, 0.3) is 6.08 Å². The molecule has 0 aliphatic heterocycles. The number of nitrogens with one attached hydrogen (secondary N) is 1. The van der Waals surface area contributed by atoms with Crippen LogP contribution in [-0.2, 0) is 16.1 Å². The number of rotatable bonds is 4. The maximum Gasteiger partial charge on any atom is 0.328 e. The molecule has 0 aliphatic carbocycles. The van der Waals surface area contributed by atoms with Gasteiger partial charge in [-0.2, -0.15) is 0 Å². The summed E-state index contributed by atoms with van der Waals surface area (Å²) >= 11 is 1.49. The van der Waals surface area contributed by atoms with E-state index >= 15 is 0 Å². The monoisotopic (exact) mass is 267 g/mol. The predicted molar refractivity (Wildman–Crippen MR) is 72.3 cm³/mol. The number of thiophene rings is 1. The molecule has 0 spiro atoms. The molecule has 1 aromatic rings. The molecular formula is C13H17NO3S. The van der Waals surface area contributed by atoms with Gasteiger partial charge in [-0.25, -0.2) is 4.79 Å². The van der Waals surface area contributed by atoms with E-state index in [9.17, 15) is 9.59 Å². The Morgan fingerprint density at radius 1 is 1.44 bits per heavy atom. The van der Waals surface area contributed by atoms with Crippen LogP contribution in [0.1, 0.15) is 31.2 Å². The van der Waals surface area contributed by atoms with E-state index in [4.69, 9.17) is 5.11 Å². The lowest BCUT2D eigenvalue weighted by molar-refractivity contribution is -0.131. The zero-order chi connectivity index (χ0) is 13.8. The predicted octanol–water partition coefficient (Wildman–Crippen LogP) is 2.51. The Hall–Kier alpha value is -1.62. The molecule has 0 radical (unpaired) electrons. The van der Waals surface area contributed by atoms with Crippen LogP contribution >= 0.6 is 11.3 Å². The van der Waals surface area contributed by atoms with Crippen molar-refractivity contribution in [2.45, 2.75) is 27.3 Å². The Morgan fingerprint density at radius 2 is 2.11 bits per heavy atom. The van der Waals surface area contributed by atoms with Crippen LogP contribution in [0.3, 0.4) is 0 Å². The fourth-order valence-corrected chi connectivity index (χ4v) is 1.97. The minimum absolute atomic E-state index is 0.00136.